The fourth-order valence-corrected chi connectivity index (χ4v) is 10.9. The van der Waals surface area contributed by atoms with Crippen molar-refractivity contribution < 1.29 is 0 Å². The summed E-state index contributed by atoms with van der Waals surface area (Å²) in [6.45, 7) is 4.71. The molecule has 2 aromatic heterocycles. The van der Waals surface area contributed by atoms with Crippen molar-refractivity contribution in [3.8, 4) is 27.9 Å². The summed E-state index contributed by atoms with van der Waals surface area (Å²) in [7, 11) is 0. The Morgan fingerprint density at radius 1 is 0.431 bits per heavy atom. The fraction of sp³-hybridized carbons (Fsp3) is 0.0545. The zero-order valence-corrected chi connectivity index (χ0v) is 33.1. The van der Waals surface area contributed by atoms with Gasteiger partial charge in [0.1, 0.15) is 0 Å². The lowest BCUT2D eigenvalue weighted by molar-refractivity contribution is 0.660. The van der Waals surface area contributed by atoms with Crippen LogP contribution < -0.4 is 4.90 Å². The standard InChI is InChI=1S/C55H38N2S/c1-55(2)48-20-10-8-18-42(48)43-29-25-37(31-49(43)55)35-23-26-39(27-24-35)57-51-30-28-40(32-45(51)46-33-47-44-19-9-11-22-53(44)58-54(47)34-52(46)57)56(38-15-4-3-5-16-38)50-21-12-14-36-13-6-7-17-41(36)50/h3-34H,1-2H3. The van der Waals surface area contributed by atoms with E-state index >= 15 is 0 Å². The smallest absolute Gasteiger partial charge is 0.0555 e. The minimum Gasteiger partial charge on any atom is -0.310 e. The van der Waals surface area contributed by atoms with Crippen molar-refractivity contribution in [3.05, 3.63) is 205 Å². The first kappa shape index (κ1) is 33.2. The number of hydrogen-bond donors (Lipinski definition) is 0. The highest BCUT2D eigenvalue weighted by molar-refractivity contribution is 7.25. The van der Waals surface area contributed by atoms with Crippen molar-refractivity contribution in [1.29, 1.82) is 0 Å². The molecule has 0 radical (unpaired) electrons. The Bertz CT molecular complexity index is 3420. The Labute approximate surface area is 341 Å². The highest BCUT2D eigenvalue weighted by atomic mass is 32.1. The molecular formula is C55H38N2S. The van der Waals surface area contributed by atoms with Crippen molar-refractivity contribution in [2.75, 3.05) is 4.90 Å². The van der Waals surface area contributed by atoms with Gasteiger partial charge in [-0.3, -0.25) is 0 Å². The van der Waals surface area contributed by atoms with E-state index in [1.165, 1.54) is 86.1 Å². The number of hydrogen-bond acceptors (Lipinski definition) is 2. The molecular weight excluding hydrogens is 721 g/mol. The predicted molar refractivity (Wildman–Crippen MR) is 249 cm³/mol. The Balaban J connectivity index is 1.05. The van der Waals surface area contributed by atoms with Gasteiger partial charge in [0.15, 0.2) is 0 Å². The van der Waals surface area contributed by atoms with Gasteiger partial charge in [0, 0.05) is 58.8 Å². The van der Waals surface area contributed by atoms with Gasteiger partial charge in [0.05, 0.1) is 16.7 Å². The molecule has 0 atom stereocenters. The first-order valence-corrected chi connectivity index (χ1v) is 20.9. The quantitative estimate of drug-likeness (QED) is 0.170. The molecule has 0 fully saturated rings. The Morgan fingerprint density at radius 2 is 1.14 bits per heavy atom. The van der Waals surface area contributed by atoms with Gasteiger partial charge in [-0.2, -0.15) is 0 Å². The summed E-state index contributed by atoms with van der Waals surface area (Å²) in [6.07, 6.45) is 0. The number of anilines is 3. The highest BCUT2D eigenvalue weighted by Crippen LogP contribution is 2.50. The van der Waals surface area contributed by atoms with Crippen LogP contribution in [0.3, 0.4) is 0 Å². The summed E-state index contributed by atoms with van der Waals surface area (Å²) in [6, 6.07) is 71.9. The van der Waals surface area contributed by atoms with E-state index in [0.29, 0.717) is 0 Å². The van der Waals surface area contributed by atoms with Crippen LogP contribution in [0.5, 0.6) is 0 Å². The molecule has 2 nitrogen and oxygen atoms in total. The Morgan fingerprint density at radius 3 is 2.02 bits per heavy atom. The van der Waals surface area contributed by atoms with E-state index < -0.39 is 0 Å². The van der Waals surface area contributed by atoms with Crippen LogP contribution in [0.25, 0.3) is 80.7 Å². The molecule has 0 N–H and O–H groups in total. The highest BCUT2D eigenvalue weighted by Gasteiger charge is 2.35. The van der Waals surface area contributed by atoms with E-state index in [9.17, 15) is 0 Å². The lowest BCUT2D eigenvalue weighted by Crippen LogP contribution is -2.14. The van der Waals surface area contributed by atoms with E-state index in [1.807, 2.05) is 11.3 Å². The van der Waals surface area contributed by atoms with Crippen LogP contribution in [0.1, 0.15) is 25.0 Å². The van der Waals surface area contributed by atoms with E-state index in [4.69, 9.17) is 0 Å². The molecule has 1 aliphatic carbocycles. The number of aromatic nitrogens is 1. The molecule has 2 heterocycles. The molecule has 0 spiro atoms. The molecule has 0 aliphatic heterocycles. The van der Waals surface area contributed by atoms with Crippen LogP contribution in [-0.2, 0) is 5.41 Å². The van der Waals surface area contributed by atoms with Crippen molar-refractivity contribution in [3.63, 3.8) is 0 Å². The number of thiophene rings is 1. The monoisotopic (exact) mass is 758 g/mol. The molecule has 0 bridgehead atoms. The molecule has 0 saturated heterocycles. The lowest BCUT2D eigenvalue weighted by atomic mass is 9.81. The van der Waals surface area contributed by atoms with E-state index in [0.717, 1.165) is 22.7 Å². The van der Waals surface area contributed by atoms with Crippen molar-refractivity contribution in [1.82, 2.24) is 4.57 Å². The number of benzene rings is 9. The summed E-state index contributed by atoms with van der Waals surface area (Å²) in [5.74, 6) is 0. The third-order valence-corrected chi connectivity index (χ3v) is 13.7. The van der Waals surface area contributed by atoms with Gasteiger partial charge in [0.2, 0.25) is 0 Å². The van der Waals surface area contributed by atoms with Gasteiger partial charge in [-0.15, -0.1) is 11.3 Å². The van der Waals surface area contributed by atoms with Gasteiger partial charge in [-0.05, 0) is 112 Å². The molecule has 0 saturated carbocycles. The summed E-state index contributed by atoms with van der Waals surface area (Å²) in [4.78, 5) is 2.41. The van der Waals surface area contributed by atoms with Crippen LogP contribution in [0.15, 0.2) is 194 Å². The molecule has 0 unspecified atom stereocenters. The van der Waals surface area contributed by atoms with E-state index in [1.54, 1.807) is 0 Å². The first-order valence-electron chi connectivity index (χ1n) is 20.1. The van der Waals surface area contributed by atoms with Crippen LogP contribution in [-0.4, -0.2) is 4.57 Å². The molecule has 12 rings (SSSR count). The van der Waals surface area contributed by atoms with E-state index in [2.05, 4.69) is 217 Å². The Kier molecular flexibility index (Phi) is 7.18. The average Bonchev–Trinajstić information content (AvgIpc) is 3.87. The third kappa shape index (κ3) is 4.90. The minimum absolute atomic E-state index is 0.0364. The second-order valence-corrected chi connectivity index (χ2v) is 17.2. The second-order valence-electron chi connectivity index (χ2n) is 16.1. The maximum atomic E-state index is 2.47. The summed E-state index contributed by atoms with van der Waals surface area (Å²) >= 11 is 1.88. The SMILES string of the molecule is CC1(C)c2ccccc2-c2ccc(-c3ccc(-n4c5ccc(N(c6ccccc6)c6cccc7ccccc67)cc5c5cc6c(cc54)sc4ccccc46)cc3)cc21. The number of rotatable bonds is 5. The summed E-state index contributed by atoms with van der Waals surface area (Å²) in [5, 5.41) is 7.55. The van der Waals surface area contributed by atoms with Crippen molar-refractivity contribution in [2.45, 2.75) is 19.3 Å². The zero-order valence-electron chi connectivity index (χ0n) is 32.3. The molecule has 1 aliphatic rings. The molecule has 9 aromatic carbocycles. The molecule has 3 heteroatoms. The summed E-state index contributed by atoms with van der Waals surface area (Å²) in [5.41, 5.74) is 14.9. The minimum atomic E-state index is -0.0364. The average molecular weight is 759 g/mol. The molecule has 11 aromatic rings. The van der Waals surface area contributed by atoms with Gasteiger partial charge in [0.25, 0.3) is 0 Å². The van der Waals surface area contributed by atoms with Crippen molar-refractivity contribution in [2.24, 2.45) is 0 Å². The van der Waals surface area contributed by atoms with Gasteiger partial charge in [-0.25, -0.2) is 0 Å². The van der Waals surface area contributed by atoms with E-state index in [-0.39, 0.29) is 5.41 Å². The third-order valence-electron chi connectivity index (χ3n) is 12.6. The predicted octanol–water partition coefficient (Wildman–Crippen LogP) is 15.7. The van der Waals surface area contributed by atoms with Crippen LogP contribution >= 0.6 is 11.3 Å². The summed E-state index contributed by atoms with van der Waals surface area (Å²) < 4.78 is 5.09. The van der Waals surface area contributed by atoms with Crippen LogP contribution in [0.2, 0.25) is 0 Å². The van der Waals surface area contributed by atoms with Gasteiger partial charge in [-0.1, -0.05) is 135 Å². The second kappa shape index (κ2) is 12.5. The number of para-hydroxylation sites is 1. The largest absolute Gasteiger partial charge is 0.310 e. The number of fused-ring (bicyclic) bond motifs is 10. The maximum absolute atomic E-state index is 2.47. The lowest BCUT2D eigenvalue weighted by Gasteiger charge is -2.27. The molecule has 274 valence electrons. The van der Waals surface area contributed by atoms with Crippen LogP contribution in [0.4, 0.5) is 17.1 Å². The van der Waals surface area contributed by atoms with Crippen LogP contribution in [0, 0.1) is 0 Å². The Hall–Kier alpha value is -6.94. The molecule has 0 amide bonds. The normalized spacial score (nSPS) is 13.1. The van der Waals surface area contributed by atoms with Gasteiger partial charge < -0.3 is 9.47 Å². The molecule has 58 heavy (non-hydrogen) atoms. The number of nitrogens with zero attached hydrogens (tertiary/aromatic N) is 2. The zero-order chi connectivity index (χ0) is 38.5. The topological polar surface area (TPSA) is 8.17 Å². The first-order chi connectivity index (χ1) is 28.5. The fourth-order valence-electron chi connectivity index (χ4n) is 9.74. The van der Waals surface area contributed by atoms with Gasteiger partial charge >= 0.3 is 0 Å². The van der Waals surface area contributed by atoms with Crippen molar-refractivity contribution >= 4 is 81.1 Å². The maximum Gasteiger partial charge on any atom is 0.0555 e.